The van der Waals surface area contributed by atoms with E-state index >= 15 is 0 Å². The number of allylic oxidation sites excluding steroid dienone is 1. The first kappa shape index (κ1) is 11.8. The maximum Gasteiger partial charge on any atom is 0.210 e. The van der Waals surface area contributed by atoms with Crippen LogP contribution in [0.3, 0.4) is 0 Å². The van der Waals surface area contributed by atoms with E-state index in [1.54, 1.807) is 24.3 Å². The molecule has 4 rings (SSSR count). The summed E-state index contributed by atoms with van der Waals surface area (Å²) in [7, 11) is 0. The summed E-state index contributed by atoms with van der Waals surface area (Å²) < 4.78 is 0. The number of benzene rings is 1. The Balaban J connectivity index is 2.01. The van der Waals surface area contributed by atoms with Gasteiger partial charge in [-0.2, -0.15) is 0 Å². The number of hydrogen-bond donors (Lipinski definition) is 3. The van der Waals surface area contributed by atoms with Crippen LogP contribution in [0.5, 0.6) is 0 Å². The first-order valence-corrected chi connectivity index (χ1v) is 6.64. The Morgan fingerprint density at radius 3 is 2.65 bits per heavy atom. The molecule has 0 aromatic heterocycles. The van der Waals surface area contributed by atoms with Gasteiger partial charge in [0.1, 0.15) is 0 Å². The highest BCUT2D eigenvalue weighted by Crippen LogP contribution is 2.53. The van der Waals surface area contributed by atoms with Gasteiger partial charge in [-0.25, -0.2) is 0 Å². The van der Waals surface area contributed by atoms with E-state index in [2.05, 4.69) is 5.32 Å². The molecule has 102 valence electrons. The first-order chi connectivity index (χ1) is 9.50. The van der Waals surface area contributed by atoms with Crippen LogP contribution in [0.25, 0.3) is 0 Å². The van der Waals surface area contributed by atoms with Gasteiger partial charge in [-0.05, 0) is 12.8 Å². The van der Waals surface area contributed by atoms with Crippen LogP contribution in [0.1, 0.15) is 35.2 Å². The van der Waals surface area contributed by atoms with Crippen LogP contribution in [0.15, 0.2) is 35.5 Å². The number of carbonyl (C=O) groups excluding carboxylic acids is 2. The molecular formula is C15H13NO4. The zero-order valence-electron chi connectivity index (χ0n) is 10.6. The van der Waals surface area contributed by atoms with Crippen LogP contribution in [0.2, 0.25) is 0 Å². The van der Waals surface area contributed by atoms with Crippen LogP contribution in [-0.2, 0) is 10.5 Å². The maximum absolute atomic E-state index is 12.6. The van der Waals surface area contributed by atoms with E-state index in [0.29, 0.717) is 30.5 Å². The standard InChI is InChI=1S/C15H13NO4/c17-11-7-3-6-10-12(11)14(19)13(18)8-4-1-2-5-9(8)15(14,20)16-10/h1-2,4-5,16,19-20H,3,6-7H2. The number of aliphatic hydroxyl groups is 2. The SMILES string of the molecule is O=C1CCCC2=C1C1(O)C(=O)c3ccccc3C1(O)N2. The molecule has 1 aliphatic heterocycles. The van der Waals surface area contributed by atoms with Gasteiger partial charge >= 0.3 is 0 Å². The minimum atomic E-state index is -2.19. The summed E-state index contributed by atoms with van der Waals surface area (Å²) in [5, 5.41) is 24.6. The van der Waals surface area contributed by atoms with E-state index in [1.807, 2.05) is 0 Å². The molecular weight excluding hydrogens is 258 g/mol. The molecule has 0 radical (unpaired) electrons. The highest BCUT2D eigenvalue weighted by Gasteiger charge is 2.70. The van der Waals surface area contributed by atoms with E-state index in [9.17, 15) is 19.8 Å². The number of ketones is 2. The minimum absolute atomic E-state index is 0.0486. The molecule has 0 saturated carbocycles. The second kappa shape index (κ2) is 3.37. The van der Waals surface area contributed by atoms with Gasteiger partial charge in [-0.1, -0.05) is 24.3 Å². The minimum Gasteiger partial charge on any atom is -0.372 e. The zero-order valence-corrected chi connectivity index (χ0v) is 10.6. The summed E-state index contributed by atoms with van der Waals surface area (Å²) in [5.41, 5.74) is -2.99. The number of nitrogens with one attached hydrogen (secondary N) is 1. The van der Waals surface area contributed by atoms with Crippen molar-refractivity contribution < 1.29 is 19.8 Å². The Morgan fingerprint density at radius 1 is 1.10 bits per heavy atom. The topological polar surface area (TPSA) is 86.6 Å². The second-order valence-electron chi connectivity index (χ2n) is 5.55. The smallest absolute Gasteiger partial charge is 0.210 e. The van der Waals surface area contributed by atoms with Crippen LogP contribution >= 0.6 is 0 Å². The molecule has 0 amide bonds. The van der Waals surface area contributed by atoms with Crippen molar-refractivity contribution in [2.24, 2.45) is 0 Å². The van der Waals surface area contributed by atoms with E-state index in [-0.39, 0.29) is 16.9 Å². The molecule has 5 nitrogen and oxygen atoms in total. The van der Waals surface area contributed by atoms with Crippen molar-refractivity contribution in [2.45, 2.75) is 30.6 Å². The molecule has 0 fully saturated rings. The predicted molar refractivity (Wildman–Crippen MR) is 68.6 cm³/mol. The molecule has 1 aromatic carbocycles. The summed E-state index contributed by atoms with van der Waals surface area (Å²) in [6.07, 6.45) is 1.51. The lowest BCUT2D eigenvalue weighted by molar-refractivity contribution is -0.126. The molecule has 2 unspecified atom stereocenters. The molecule has 3 aliphatic rings. The number of hydrogen-bond acceptors (Lipinski definition) is 5. The Labute approximate surface area is 114 Å². The van der Waals surface area contributed by atoms with E-state index < -0.39 is 17.1 Å². The van der Waals surface area contributed by atoms with Gasteiger partial charge < -0.3 is 15.5 Å². The van der Waals surface area contributed by atoms with Gasteiger partial charge in [-0.3, -0.25) is 9.59 Å². The lowest BCUT2D eigenvalue weighted by Gasteiger charge is -2.32. The van der Waals surface area contributed by atoms with Gasteiger partial charge in [0, 0.05) is 23.2 Å². The molecule has 0 spiro atoms. The number of Topliss-reactive ketones (excluding diaryl/α,β-unsaturated/α-hetero) is 2. The third-order valence-electron chi connectivity index (χ3n) is 4.52. The second-order valence-corrected chi connectivity index (χ2v) is 5.55. The molecule has 20 heavy (non-hydrogen) atoms. The van der Waals surface area contributed by atoms with Gasteiger partial charge in [0.2, 0.25) is 17.1 Å². The lowest BCUT2D eigenvalue weighted by atomic mass is 9.80. The maximum atomic E-state index is 12.6. The van der Waals surface area contributed by atoms with E-state index in [4.69, 9.17) is 0 Å². The number of fused-ring (bicyclic) bond motifs is 4. The molecule has 1 aromatic rings. The molecule has 0 saturated heterocycles. The summed E-state index contributed by atoms with van der Waals surface area (Å²) in [4.78, 5) is 24.7. The third-order valence-corrected chi connectivity index (χ3v) is 4.52. The van der Waals surface area contributed by atoms with Crippen LogP contribution in [0.4, 0.5) is 0 Å². The molecule has 1 heterocycles. The van der Waals surface area contributed by atoms with Gasteiger partial charge in [0.15, 0.2) is 5.78 Å². The van der Waals surface area contributed by atoms with E-state index in [1.165, 1.54) is 0 Å². The quantitative estimate of drug-likeness (QED) is 0.634. The zero-order chi connectivity index (χ0) is 14.1. The Kier molecular flexibility index (Phi) is 1.99. The Morgan fingerprint density at radius 2 is 1.85 bits per heavy atom. The Bertz CT molecular complexity index is 708. The van der Waals surface area contributed by atoms with Crippen molar-refractivity contribution >= 4 is 11.6 Å². The van der Waals surface area contributed by atoms with Crippen molar-refractivity contribution in [3.05, 3.63) is 46.7 Å². The normalized spacial score (nSPS) is 34.7. The molecule has 3 N–H and O–H groups in total. The summed E-state index contributed by atoms with van der Waals surface area (Å²) in [6.45, 7) is 0. The van der Waals surface area contributed by atoms with Gasteiger partial charge in [0.25, 0.3) is 0 Å². The van der Waals surface area contributed by atoms with Gasteiger partial charge in [0.05, 0.1) is 5.57 Å². The molecule has 2 atom stereocenters. The van der Waals surface area contributed by atoms with Crippen molar-refractivity contribution in [2.75, 3.05) is 0 Å². The van der Waals surface area contributed by atoms with Crippen LogP contribution in [-0.4, -0.2) is 27.4 Å². The monoisotopic (exact) mass is 271 g/mol. The first-order valence-electron chi connectivity index (χ1n) is 6.64. The Hall–Kier alpha value is -1.98. The fourth-order valence-corrected chi connectivity index (χ4v) is 3.61. The highest BCUT2D eigenvalue weighted by molar-refractivity contribution is 6.17. The third kappa shape index (κ3) is 1.04. The van der Waals surface area contributed by atoms with Crippen molar-refractivity contribution in [1.82, 2.24) is 5.32 Å². The average molecular weight is 271 g/mol. The average Bonchev–Trinajstić information content (AvgIpc) is 2.77. The highest BCUT2D eigenvalue weighted by atomic mass is 16.4. The predicted octanol–water partition coefficient (Wildman–Crippen LogP) is 0.369. The molecule has 0 bridgehead atoms. The summed E-state index contributed by atoms with van der Waals surface area (Å²) in [6, 6.07) is 6.52. The number of carbonyl (C=O) groups is 2. The van der Waals surface area contributed by atoms with E-state index in [0.717, 1.165) is 0 Å². The molecule has 2 aliphatic carbocycles. The molecule has 5 heteroatoms. The number of rotatable bonds is 0. The van der Waals surface area contributed by atoms with Crippen molar-refractivity contribution in [3.8, 4) is 0 Å². The van der Waals surface area contributed by atoms with Crippen LogP contribution < -0.4 is 5.32 Å². The largest absolute Gasteiger partial charge is 0.372 e. The van der Waals surface area contributed by atoms with Crippen molar-refractivity contribution in [1.29, 1.82) is 0 Å². The summed E-state index contributed by atoms with van der Waals surface area (Å²) >= 11 is 0. The van der Waals surface area contributed by atoms with Gasteiger partial charge in [-0.15, -0.1) is 0 Å². The van der Waals surface area contributed by atoms with Crippen LogP contribution in [0, 0.1) is 0 Å². The fourth-order valence-electron chi connectivity index (χ4n) is 3.61. The summed E-state index contributed by atoms with van der Waals surface area (Å²) in [5.74, 6) is -0.873. The fraction of sp³-hybridized carbons (Fsp3) is 0.333. The lowest BCUT2D eigenvalue weighted by Crippen LogP contribution is -2.56. The van der Waals surface area contributed by atoms with Crippen molar-refractivity contribution in [3.63, 3.8) is 0 Å².